The van der Waals surface area contributed by atoms with Crippen LogP contribution in [0.3, 0.4) is 0 Å². The second kappa shape index (κ2) is 10.2. The first kappa shape index (κ1) is 23.7. The number of hydrogen-bond donors (Lipinski definition) is 1. The number of benzene rings is 3. The number of sulfone groups is 1. The van der Waals surface area contributed by atoms with Crippen molar-refractivity contribution in [2.45, 2.75) is 29.3 Å². The average Bonchev–Trinajstić information content (AvgIpc) is 3.18. The Kier molecular flexibility index (Phi) is 7.14. The summed E-state index contributed by atoms with van der Waals surface area (Å²) < 4.78 is 27.4. The minimum absolute atomic E-state index is 0.104. The summed E-state index contributed by atoms with van der Waals surface area (Å²) in [5.74, 6) is -0.0757. The zero-order valence-electron chi connectivity index (χ0n) is 18.6. The Labute approximate surface area is 202 Å². The second-order valence-corrected chi connectivity index (χ2v) is 10.7. The lowest BCUT2D eigenvalue weighted by Gasteiger charge is -2.09. The molecule has 4 rings (SSSR count). The number of allylic oxidation sites excluding steroid dienone is 1. The molecule has 174 valence electrons. The summed E-state index contributed by atoms with van der Waals surface area (Å²) in [5, 5.41) is 13.7. The van der Waals surface area contributed by atoms with Crippen LogP contribution < -0.4 is 5.32 Å². The predicted octanol–water partition coefficient (Wildman–Crippen LogP) is 4.63. The molecule has 0 fully saturated rings. The molecule has 7 nitrogen and oxygen atoms in total. The number of amides is 1. The molecule has 0 aliphatic carbocycles. The topological polar surface area (TPSA) is 93.9 Å². The highest BCUT2D eigenvalue weighted by Gasteiger charge is 2.21. The second-order valence-electron chi connectivity index (χ2n) is 7.77. The van der Waals surface area contributed by atoms with Gasteiger partial charge in [0.15, 0.2) is 15.0 Å². The van der Waals surface area contributed by atoms with Crippen LogP contribution in [0.15, 0.2) is 89.4 Å². The summed E-state index contributed by atoms with van der Waals surface area (Å²) in [4.78, 5) is 12.8. The summed E-state index contributed by atoms with van der Waals surface area (Å²) in [6, 6.07) is 20.4. The molecule has 0 aliphatic heterocycles. The summed E-state index contributed by atoms with van der Waals surface area (Å²) in [5.41, 5.74) is 1.69. The van der Waals surface area contributed by atoms with Gasteiger partial charge in [-0.25, -0.2) is 8.42 Å². The van der Waals surface area contributed by atoms with Crippen LogP contribution in [-0.2, 0) is 26.9 Å². The quantitative estimate of drug-likeness (QED) is 0.270. The van der Waals surface area contributed by atoms with Gasteiger partial charge in [-0.15, -0.1) is 16.8 Å². The number of hydrogen-bond acceptors (Lipinski definition) is 6. The van der Waals surface area contributed by atoms with E-state index in [2.05, 4.69) is 22.1 Å². The number of nitrogens with one attached hydrogen (secondary N) is 1. The van der Waals surface area contributed by atoms with Crippen molar-refractivity contribution < 1.29 is 13.2 Å². The molecular weight excluding hydrogens is 468 g/mol. The lowest BCUT2D eigenvalue weighted by molar-refractivity contribution is -0.113. The van der Waals surface area contributed by atoms with Crippen molar-refractivity contribution in [1.29, 1.82) is 0 Å². The lowest BCUT2D eigenvalue weighted by Crippen LogP contribution is -2.15. The molecular formula is C25H24N4O3S2. The number of aromatic nitrogens is 3. The van der Waals surface area contributed by atoms with Crippen molar-refractivity contribution in [3.8, 4) is 0 Å². The fourth-order valence-electron chi connectivity index (χ4n) is 3.44. The smallest absolute Gasteiger partial charge is 0.234 e. The van der Waals surface area contributed by atoms with E-state index < -0.39 is 9.84 Å². The van der Waals surface area contributed by atoms with Crippen LogP contribution in [0.4, 0.5) is 5.69 Å². The molecule has 0 saturated heterocycles. The van der Waals surface area contributed by atoms with E-state index in [4.69, 9.17) is 0 Å². The maximum Gasteiger partial charge on any atom is 0.234 e. The van der Waals surface area contributed by atoms with Crippen LogP contribution in [-0.4, -0.2) is 34.8 Å². The van der Waals surface area contributed by atoms with Gasteiger partial charge in [-0.2, -0.15) is 0 Å². The Morgan fingerprint density at radius 3 is 2.53 bits per heavy atom. The number of fused-ring (bicyclic) bond motifs is 1. The standard InChI is InChI=1S/C25H24N4O3S2/c1-3-14-29-23(17-34(31,32)22-12-8-18(2)9-13-22)27-28-25(29)33-16-24(30)26-21-11-10-19-6-4-5-7-20(19)15-21/h3-13,15H,1,14,16-17H2,2H3,(H,26,30). The van der Waals surface area contributed by atoms with Gasteiger partial charge in [0, 0.05) is 12.2 Å². The van der Waals surface area contributed by atoms with Crippen molar-refractivity contribution in [3.63, 3.8) is 0 Å². The number of carbonyl (C=O) groups is 1. The minimum Gasteiger partial charge on any atom is -0.325 e. The van der Waals surface area contributed by atoms with E-state index in [-0.39, 0.29) is 22.3 Å². The van der Waals surface area contributed by atoms with Gasteiger partial charge in [0.2, 0.25) is 5.91 Å². The van der Waals surface area contributed by atoms with Gasteiger partial charge in [-0.1, -0.05) is 65.9 Å². The number of aryl methyl sites for hydroxylation is 1. The molecule has 0 bridgehead atoms. The molecule has 1 aromatic heterocycles. The molecule has 0 saturated carbocycles. The molecule has 34 heavy (non-hydrogen) atoms. The van der Waals surface area contributed by atoms with E-state index in [9.17, 15) is 13.2 Å². The van der Waals surface area contributed by atoms with Gasteiger partial charge < -0.3 is 9.88 Å². The first-order valence-corrected chi connectivity index (χ1v) is 13.2. The molecule has 9 heteroatoms. The minimum atomic E-state index is -3.59. The average molecular weight is 493 g/mol. The van der Waals surface area contributed by atoms with E-state index in [1.807, 2.05) is 49.4 Å². The third-order valence-electron chi connectivity index (χ3n) is 5.17. The van der Waals surface area contributed by atoms with E-state index in [0.29, 0.717) is 23.2 Å². The summed E-state index contributed by atoms with van der Waals surface area (Å²) >= 11 is 1.20. The van der Waals surface area contributed by atoms with Crippen LogP contribution in [0.1, 0.15) is 11.4 Å². The molecule has 4 aromatic rings. The largest absolute Gasteiger partial charge is 0.325 e. The Morgan fingerprint density at radius 2 is 1.79 bits per heavy atom. The maximum atomic E-state index is 12.9. The number of nitrogens with zero attached hydrogens (tertiary/aromatic N) is 3. The SMILES string of the molecule is C=CCn1c(CS(=O)(=O)c2ccc(C)cc2)nnc1SCC(=O)Nc1ccc2ccccc2c1. The summed E-state index contributed by atoms with van der Waals surface area (Å²) in [6.45, 7) is 5.98. The van der Waals surface area contributed by atoms with Gasteiger partial charge in [-0.05, 0) is 42.0 Å². The lowest BCUT2D eigenvalue weighted by atomic mass is 10.1. The molecule has 3 aromatic carbocycles. The Morgan fingerprint density at radius 1 is 1.06 bits per heavy atom. The highest BCUT2D eigenvalue weighted by Crippen LogP contribution is 2.23. The van der Waals surface area contributed by atoms with Crippen molar-refractivity contribution >= 4 is 44.0 Å². The summed E-state index contributed by atoms with van der Waals surface area (Å²) in [6.07, 6.45) is 1.64. The molecule has 0 radical (unpaired) electrons. The third kappa shape index (κ3) is 5.55. The molecule has 0 aliphatic rings. The van der Waals surface area contributed by atoms with Gasteiger partial charge in [0.25, 0.3) is 0 Å². The van der Waals surface area contributed by atoms with E-state index in [1.54, 1.807) is 34.9 Å². The molecule has 1 amide bonds. The monoisotopic (exact) mass is 492 g/mol. The van der Waals surface area contributed by atoms with Crippen molar-refractivity contribution in [3.05, 3.63) is 90.8 Å². The van der Waals surface area contributed by atoms with Crippen LogP contribution in [0, 0.1) is 6.92 Å². The fraction of sp³-hybridized carbons (Fsp3) is 0.160. The van der Waals surface area contributed by atoms with Gasteiger partial charge in [0.1, 0.15) is 11.6 Å². The van der Waals surface area contributed by atoms with Crippen molar-refractivity contribution in [2.24, 2.45) is 0 Å². The normalized spacial score (nSPS) is 11.4. The van der Waals surface area contributed by atoms with Crippen LogP contribution in [0.2, 0.25) is 0 Å². The maximum absolute atomic E-state index is 12.9. The highest BCUT2D eigenvalue weighted by molar-refractivity contribution is 7.99. The zero-order chi connectivity index (χ0) is 24.1. The molecule has 0 unspecified atom stereocenters. The van der Waals surface area contributed by atoms with E-state index in [0.717, 1.165) is 16.3 Å². The zero-order valence-corrected chi connectivity index (χ0v) is 20.3. The van der Waals surface area contributed by atoms with Crippen molar-refractivity contribution in [1.82, 2.24) is 14.8 Å². The Hall–Kier alpha value is -3.43. The number of thioether (sulfide) groups is 1. The van der Waals surface area contributed by atoms with Gasteiger partial charge in [0.05, 0.1) is 10.6 Å². The number of rotatable bonds is 9. The number of anilines is 1. The first-order chi connectivity index (χ1) is 16.4. The number of carbonyl (C=O) groups excluding carboxylic acids is 1. The van der Waals surface area contributed by atoms with Gasteiger partial charge in [-0.3, -0.25) is 4.79 Å². The molecule has 1 heterocycles. The van der Waals surface area contributed by atoms with Crippen LogP contribution in [0.25, 0.3) is 10.8 Å². The molecule has 1 N–H and O–H groups in total. The van der Waals surface area contributed by atoms with E-state index >= 15 is 0 Å². The molecule has 0 atom stereocenters. The van der Waals surface area contributed by atoms with Crippen molar-refractivity contribution in [2.75, 3.05) is 11.1 Å². The molecule has 0 spiro atoms. The van der Waals surface area contributed by atoms with E-state index in [1.165, 1.54) is 11.8 Å². The van der Waals surface area contributed by atoms with Crippen LogP contribution >= 0.6 is 11.8 Å². The van der Waals surface area contributed by atoms with Gasteiger partial charge >= 0.3 is 0 Å². The first-order valence-electron chi connectivity index (χ1n) is 10.6. The van der Waals surface area contributed by atoms with Crippen LogP contribution in [0.5, 0.6) is 0 Å². The highest BCUT2D eigenvalue weighted by atomic mass is 32.2. The third-order valence-corrected chi connectivity index (χ3v) is 7.77. The Balaban J connectivity index is 1.45. The summed E-state index contributed by atoms with van der Waals surface area (Å²) in [7, 11) is -3.59. The predicted molar refractivity (Wildman–Crippen MR) is 136 cm³/mol. The fourth-order valence-corrected chi connectivity index (χ4v) is 5.48. The Bertz CT molecular complexity index is 1440.